The number of carboxylic acid groups (broad SMARTS) is 1. The molecule has 2 amide bonds. The highest BCUT2D eigenvalue weighted by Crippen LogP contribution is 2.02. The molecular weight excluding hydrogens is 260 g/mol. The van der Waals surface area contributed by atoms with Crippen LogP contribution >= 0.6 is 0 Å². The van der Waals surface area contributed by atoms with Crippen LogP contribution < -0.4 is 10.6 Å². The minimum atomic E-state index is -0.921. The minimum absolute atomic E-state index is 0.124. The van der Waals surface area contributed by atoms with E-state index in [2.05, 4.69) is 15.7 Å². The second-order valence-electron chi connectivity index (χ2n) is 4.88. The van der Waals surface area contributed by atoms with Crippen molar-refractivity contribution < 1.29 is 14.7 Å². The Morgan fingerprint density at radius 1 is 1.40 bits per heavy atom. The van der Waals surface area contributed by atoms with Gasteiger partial charge in [-0.3, -0.25) is 9.48 Å². The Labute approximate surface area is 118 Å². The zero-order chi connectivity index (χ0) is 15.1. The fourth-order valence-corrected chi connectivity index (χ4v) is 1.73. The molecule has 0 aliphatic carbocycles. The van der Waals surface area contributed by atoms with Crippen LogP contribution in [0.25, 0.3) is 0 Å². The van der Waals surface area contributed by atoms with Crippen LogP contribution in [0.1, 0.15) is 24.7 Å². The van der Waals surface area contributed by atoms with Crippen molar-refractivity contribution in [3.05, 3.63) is 17.5 Å². The number of hydrogen-bond donors (Lipinski definition) is 3. The summed E-state index contributed by atoms with van der Waals surface area (Å²) in [4.78, 5) is 22.0. The lowest BCUT2D eigenvalue weighted by Crippen LogP contribution is -2.39. The summed E-state index contributed by atoms with van der Waals surface area (Å²) in [5.74, 6) is -1.51. The summed E-state index contributed by atoms with van der Waals surface area (Å²) in [6.45, 7) is 6.87. The number of rotatable bonds is 7. The number of nitrogens with zero attached hydrogens (tertiary/aromatic N) is 2. The van der Waals surface area contributed by atoms with Crippen molar-refractivity contribution in [2.24, 2.45) is 5.92 Å². The molecule has 0 saturated carbocycles. The van der Waals surface area contributed by atoms with Gasteiger partial charge in [0.2, 0.25) is 0 Å². The highest BCUT2D eigenvalue weighted by Gasteiger charge is 2.11. The first kappa shape index (κ1) is 16.0. The van der Waals surface area contributed by atoms with E-state index >= 15 is 0 Å². The normalized spacial score (nSPS) is 11.9. The number of urea groups is 1. The smallest absolute Gasteiger partial charge is 0.314 e. The third kappa shape index (κ3) is 5.29. The summed E-state index contributed by atoms with van der Waals surface area (Å²) in [6.07, 6.45) is 0.768. The van der Waals surface area contributed by atoms with Gasteiger partial charge in [-0.1, -0.05) is 6.92 Å². The molecule has 1 unspecified atom stereocenters. The van der Waals surface area contributed by atoms with Crippen molar-refractivity contribution in [1.29, 1.82) is 0 Å². The van der Waals surface area contributed by atoms with Gasteiger partial charge in [-0.05, 0) is 26.3 Å². The Kier molecular flexibility index (Phi) is 6.02. The van der Waals surface area contributed by atoms with E-state index in [0.717, 1.165) is 24.4 Å². The molecule has 0 aliphatic heterocycles. The molecule has 1 heterocycles. The minimum Gasteiger partial charge on any atom is -0.481 e. The summed E-state index contributed by atoms with van der Waals surface area (Å²) in [5, 5.41) is 18.2. The Balaban J connectivity index is 2.16. The molecule has 112 valence electrons. The summed E-state index contributed by atoms with van der Waals surface area (Å²) in [7, 11) is 0. The standard InChI is InChI=1S/C13H22N4O3/c1-9(12(18)19)8-15-13(20)14-5-4-6-17-11(3)7-10(2)16-17/h7,9H,4-6,8H2,1-3H3,(H,18,19)(H2,14,15,20). The average molecular weight is 282 g/mol. The number of aryl methyl sites for hydroxylation is 3. The molecule has 7 nitrogen and oxygen atoms in total. The lowest BCUT2D eigenvalue weighted by atomic mass is 10.2. The van der Waals surface area contributed by atoms with Gasteiger partial charge < -0.3 is 15.7 Å². The van der Waals surface area contributed by atoms with E-state index < -0.39 is 11.9 Å². The summed E-state index contributed by atoms with van der Waals surface area (Å²) >= 11 is 0. The van der Waals surface area contributed by atoms with Crippen molar-refractivity contribution in [1.82, 2.24) is 20.4 Å². The molecule has 0 aromatic carbocycles. The van der Waals surface area contributed by atoms with Crippen molar-refractivity contribution in [2.75, 3.05) is 13.1 Å². The average Bonchev–Trinajstić information content (AvgIpc) is 2.70. The number of aromatic nitrogens is 2. The Morgan fingerprint density at radius 2 is 2.10 bits per heavy atom. The highest BCUT2D eigenvalue weighted by molar-refractivity contribution is 5.75. The molecule has 0 radical (unpaired) electrons. The first-order chi connectivity index (χ1) is 9.40. The van der Waals surface area contributed by atoms with E-state index in [1.54, 1.807) is 6.92 Å². The molecule has 0 aliphatic rings. The Hall–Kier alpha value is -2.05. The first-order valence-electron chi connectivity index (χ1n) is 6.65. The van der Waals surface area contributed by atoms with Gasteiger partial charge in [0.15, 0.2) is 0 Å². The fourth-order valence-electron chi connectivity index (χ4n) is 1.73. The van der Waals surface area contributed by atoms with Gasteiger partial charge in [0, 0.05) is 25.3 Å². The molecule has 1 atom stereocenters. The van der Waals surface area contributed by atoms with Crippen LogP contribution in [-0.2, 0) is 11.3 Å². The van der Waals surface area contributed by atoms with Gasteiger partial charge in [0.25, 0.3) is 0 Å². The maximum Gasteiger partial charge on any atom is 0.314 e. The summed E-state index contributed by atoms with van der Waals surface area (Å²) < 4.78 is 1.90. The molecule has 0 spiro atoms. The maximum absolute atomic E-state index is 11.4. The Morgan fingerprint density at radius 3 is 2.65 bits per heavy atom. The number of carboxylic acids is 1. The van der Waals surface area contributed by atoms with Crippen LogP contribution in [0.15, 0.2) is 6.07 Å². The topological polar surface area (TPSA) is 96.2 Å². The molecular formula is C13H22N4O3. The molecule has 1 aromatic heterocycles. The van der Waals surface area contributed by atoms with E-state index in [0.29, 0.717) is 6.54 Å². The second-order valence-corrected chi connectivity index (χ2v) is 4.88. The van der Waals surface area contributed by atoms with Crippen LogP contribution in [0.5, 0.6) is 0 Å². The van der Waals surface area contributed by atoms with Crippen molar-refractivity contribution in [2.45, 2.75) is 33.7 Å². The predicted octanol–water partition coefficient (Wildman–Crippen LogP) is 0.910. The van der Waals surface area contributed by atoms with Gasteiger partial charge in [-0.15, -0.1) is 0 Å². The molecule has 3 N–H and O–H groups in total. The number of carbonyl (C=O) groups excluding carboxylic acids is 1. The number of hydrogen-bond acceptors (Lipinski definition) is 3. The highest BCUT2D eigenvalue weighted by atomic mass is 16.4. The molecule has 1 rings (SSSR count). The monoisotopic (exact) mass is 282 g/mol. The van der Waals surface area contributed by atoms with E-state index in [4.69, 9.17) is 5.11 Å². The molecule has 1 aromatic rings. The van der Waals surface area contributed by atoms with Crippen molar-refractivity contribution in [3.63, 3.8) is 0 Å². The lowest BCUT2D eigenvalue weighted by molar-refractivity contribution is -0.140. The molecule has 0 fully saturated rings. The van der Waals surface area contributed by atoms with E-state index in [1.807, 2.05) is 24.6 Å². The lowest BCUT2D eigenvalue weighted by Gasteiger charge is -2.10. The number of aliphatic carboxylic acids is 1. The van der Waals surface area contributed by atoms with Crippen LogP contribution in [0.2, 0.25) is 0 Å². The van der Waals surface area contributed by atoms with Gasteiger partial charge in [0.1, 0.15) is 0 Å². The van der Waals surface area contributed by atoms with E-state index in [9.17, 15) is 9.59 Å². The third-order valence-corrected chi connectivity index (χ3v) is 2.93. The molecule has 20 heavy (non-hydrogen) atoms. The van der Waals surface area contributed by atoms with E-state index in [1.165, 1.54) is 0 Å². The third-order valence-electron chi connectivity index (χ3n) is 2.93. The fraction of sp³-hybridized carbons (Fsp3) is 0.615. The molecule has 7 heteroatoms. The predicted molar refractivity (Wildman–Crippen MR) is 74.5 cm³/mol. The number of nitrogens with one attached hydrogen (secondary N) is 2. The van der Waals surface area contributed by atoms with Crippen LogP contribution in [0.3, 0.4) is 0 Å². The second kappa shape index (κ2) is 7.52. The molecule has 0 saturated heterocycles. The summed E-state index contributed by atoms with van der Waals surface area (Å²) in [5.41, 5.74) is 2.08. The SMILES string of the molecule is Cc1cc(C)n(CCCNC(=O)NCC(C)C(=O)O)n1. The maximum atomic E-state index is 11.4. The number of carbonyl (C=O) groups is 2. The first-order valence-corrected chi connectivity index (χ1v) is 6.65. The van der Waals surface area contributed by atoms with Crippen LogP contribution in [0, 0.1) is 19.8 Å². The van der Waals surface area contributed by atoms with E-state index in [-0.39, 0.29) is 12.6 Å². The van der Waals surface area contributed by atoms with Crippen LogP contribution in [-0.4, -0.2) is 40.0 Å². The zero-order valence-corrected chi connectivity index (χ0v) is 12.1. The number of amides is 2. The Bertz CT molecular complexity index is 470. The van der Waals surface area contributed by atoms with Gasteiger partial charge in [0.05, 0.1) is 11.6 Å². The van der Waals surface area contributed by atoms with Gasteiger partial charge in [-0.2, -0.15) is 5.10 Å². The summed E-state index contributed by atoms with van der Waals surface area (Å²) in [6, 6.07) is 1.67. The van der Waals surface area contributed by atoms with Crippen LogP contribution in [0.4, 0.5) is 4.79 Å². The largest absolute Gasteiger partial charge is 0.481 e. The van der Waals surface area contributed by atoms with Crippen molar-refractivity contribution in [3.8, 4) is 0 Å². The van der Waals surface area contributed by atoms with Gasteiger partial charge >= 0.3 is 12.0 Å². The van der Waals surface area contributed by atoms with Crippen molar-refractivity contribution >= 4 is 12.0 Å². The molecule has 0 bridgehead atoms. The quantitative estimate of drug-likeness (QED) is 0.648. The zero-order valence-electron chi connectivity index (χ0n) is 12.1. The van der Waals surface area contributed by atoms with Gasteiger partial charge in [-0.25, -0.2) is 4.79 Å².